The van der Waals surface area contributed by atoms with Crippen LogP contribution >= 0.6 is 11.6 Å². The Balaban J connectivity index is 2.94. The zero-order valence-electron chi connectivity index (χ0n) is 16.4. The molecule has 8 heteroatoms. The molecule has 1 aromatic rings. The van der Waals surface area contributed by atoms with Crippen LogP contribution in [0.1, 0.15) is 46.2 Å². The van der Waals surface area contributed by atoms with E-state index in [1.54, 1.807) is 32.9 Å². The predicted molar refractivity (Wildman–Crippen MR) is 101 cm³/mol. The highest BCUT2D eigenvalue weighted by Gasteiger charge is 2.29. The van der Waals surface area contributed by atoms with Gasteiger partial charge in [0.25, 0.3) is 6.43 Å². The second-order valence-electron chi connectivity index (χ2n) is 7.65. The number of nitrogens with one attached hydrogen (secondary N) is 1. The van der Waals surface area contributed by atoms with E-state index in [1.807, 2.05) is 13.8 Å². The van der Waals surface area contributed by atoms with Gasteiger partial charge >= 0.3 is 6.09 Å². The standard InChI is InChI=1S/C19H28ClF3N2O2/c1-12(2)17(13-7-6-8-14(20)16(13)23)25(11-15(21)22)10-9-24-18(26)27-19(3,4)5/h6-8,12,15,17H,9-11H2,1-5H3,(H,24,26). The molecule has 4 nitrogen and oxygen atoms in total. The quantitative estimate of drug-likeness (QED) is 0.637. The third kappa shape index (κ3) is 7.97. The summed E-state index contributed by atoms with van der Waals surface area (Å²) in [7, 11) is 0. The summed E-state index contributed by atoms with van der Waals surface area (Å²) in [6.07, 6.45) is -3.23. The molecule has 0 aromatic heterocycles. The van der Waals surface area contributed by atoms with Gasteiger partial charge in [-0.05, 0) is 32.8 Å². The molecule has 0 fully saturated rings. The molecule has 0 aliphatic heterocycles. The fourth-order valence-corrected chi connectivity index (χ4v) is 3.05. The molecule has 1 rings (SSSR count). The second kappa shape index (κ2) is 10.2. The highest BCUT2D eigenvalue weighted by atomic mass is 35.5. The third-order valence-corrected chi connectivity index (χ3v) is 4.06. The summed E-state index contributed by atoms with van der Waals surface area (Å²) in [4.78, 5) is 13.2. The molecule has 1 N–H and O–H groups in total. The Kier molecular flexibility index (Phi) is 8.88. The molecule has 0 aliphatic carbocycles. The Hall–Kier alpha value is -1.47. The minimum atomic E-state index is -2.60. The first-order chi connectivity index (χ1) is 12.4. The van der Waals surface area contributed by atoms with E-state index in [0.29, 0.717) is 0 Å². The van der Waals surface area contributed by atoms with Gasteiger partial charge in [-0.15, -0.1) is 0 Å². The van der Waals surface area contributed by atoms with E-state index in [9.17, 15) is 18.0 Å². The molecule has 1 aromatic carbocycles. The predicted octanol–water partition coefficient (Wildman–Crippen LogP) is 5.27. The summed E-state index contributed by atoms with van der Waals surface area (Å²) in [5.41, 5.74) is -0.396. The van der Waals surface area contributed by atoms with Crippen LogP contribution in [-0.2, 0) is 4.74 Å². The van der Waals surface area contributed by atoms with Crippen molar-refractivity contribution in [3.63, 3.8) is 0 Å². The van der Waals surface area contributed by atoms with Crippen molar-refractivity contribution in [3.8, 4) is 0 Å². The van der Waals surface area contributed by atoms with Crippen molar-refractivity contribution < 1.29 is 22.7 Å². The lowest BCUT2D eigenvalue weighted by molar-refractivity contribution is 0.0434. The summed E-state index contributed by atoms with van der Waals surface area (Å²) in [5, 5.41) is 2.49. The Labute approximate surface area is 164 Å². The maximum atomic E-state index is 14.5. The van der Waals surface area contributed by atoms with Crippen molar-refractivity contribution >= 4 is 17.7 Å². The molecule has 0 saturated carbocycles. The van der Waals surface area contributed by atoms with Gasteiger partial charge in [0.15, 0.2) is 0 Å². The third-order valence-electron chi connectivity index (χ3n) is 3.76. The Morgan fingerprint density at radius 1 is 1.30 bits per heavy atom. The fraction of sp³-hybridized carbons (Fsp3) is 0.632. The zero-order valence-corrected chi connectivity index (χ0v) is 17.1. The Morgan fingerprint density at radius 2 is 1.93 bits per heavy atom. The first-order valence-corrected chi connectivity index (χ1v) is 9.23. The monoisotopic (exact) mass is 408 g/mol. The highest BCUT2D eigenvalue weighted by molar-refractivity contribution is 6.30. The van der Waals surface area contributed by atoms with Gasteiger partial charge in [0.05, 0.1) is 11.6 Å². The topological polar surface area (TPSA) is 41.6 Å². The van der Waals surface area contributed by atoms with Gasteiger partial charge in [0, 0.05) is 24.7 Å². The van der Waals surface area contributed by atoms with Gasteiger partial charge in [0.2, 0.25) is 0 Å². The van der Waals surface area contributed by atoms with Crippen LogP contribution in [0.2, 0.25) is 5.02 Å². The maximum absolute atomic E-state index is 14.5. The first-order valence-electron chi connectivity index (χ1n) is 8.85. The zero-order chi connectivity index (χ0) is 20.8. The van der Waals surface area contributed by atoms with Crippen molar-refractivity contribution in [2.75, 3.05) is 19.6 Å². The summed E-state index contributed by atoms with van der Waals surface area (Å²) in [5.74, 6) is -0.768. The number of benzene rings is 1. The minimum Gasteiger partial charge on any atom is -0.444 e. The molecule has 1 amide bonds. The summed E-state index contributed by atoms with van der Waals surface area (Å²) >= 11 is 5.87. The maximum Gasteiger partial charge on any atom is 0.407 e. The van der Waals surface area contributed by atoms with Crippen LogP contribution in [0, 0.1) is 11.7 Å². The van der Waals surface area contributed by atoms with Crippen molar-refractivity contribution in [2.24, 2.45) is 5.92 Å². The van der Waals surface area contributed by atoms with Crippen molar-refractivity contribution in [3.05, 3.63) is 34.6 Å². The summed E-state index contributed by atoms with van der Waals surface area (Å²) < 4.78 is 45.9. The van der Waals surface area contributed by atoms with Gasteiger partial charge in [0.1, 0.15) is 11.4 Å². The number of hydrogen-bond donors (Lipinski definition) is 1. The van der Waals surface area contributed by atoms with Gasteiger partial charge in [-0.3, -0.25) is 4.90 Å². The molecule has 0 aliphatic rings. The molecule has 1 atom stereocenters. The number of halogens is 4. The number of alkyl carbamates (subject to hydrolysis) is 1. The van der Waals surface area contributed by atoms with Crippen LogP contribution in [0.3, 0.4) is 0 Å². The number of carbonyl (C=O) groups is 1. The van der Waals surface area contributed by atoms with Gasteiger partial charge < -0.3 is 10.1 Å². The number of carbonyl (C=O) groups excluding carboxylic acids is 1. The molecule has 0 heterocycles. The van der Waals surface area contributed by atoms with Crippen LogP contribution in [0.25, 0.3) is 0 Å². The van der Waals surface area contributed by atoms with Gasteiger partial charge in [-0.25, -0.2) is 18.0 Å². The lowest BCUT2D eigenvalue weighted by atomic mass is 9.93. The highest BCUT2D eigenvalue weighted by Crippen LogP contribution is 2.33. The largest absolute Gasteiger partial charge is 0.444 e. The number of rotatable bonds is 8. The van der Waals surface area contributed by atoms with Gasteiger partial charge in [-0.1, -0.05) is 37.6 Å². The molecule has 27 heavy (non-hydrogen) atoms. The SMILES string of the molecule is CC(C)C(c1cccc(Cl)c1F)N(CCNC(=O)OC(C)(C)C)CC(F)F. The number of nitrogens with zero attached hydrogens (tertiary/aromatic N) is 1. The summed E-state index contributed by atoms with van der Waals surface area (Å²) in [6, 6.07) is 3.94. The second-order valence-corrected chi connectivity index (χ2v) is 8.05. The number of amides is 1. The molecule has 0 spiro atoms. The van der Waals surface area contributed by atoms with E-state index >= 15 is 0 Å². The number of hydrogen-bond acceptors (Lipinski definition) is 3. The van der Waals surface area contributed by atoms with E-state index in [-0.39, 0.29) is 29.6 Å². The molecule has 0 radical (unpaired) electrons. The van der Waals surface area contributed by atoms with E-state index in [4.69, 9.17) is 16.3 Å². The average Bonchev–Trinajstić information content (AvgIpc) is 2.48. The molecular weight excluding hydrogens is 381 g/mol. The molecule has 0 bridgehead atoms. The first kappa shape index (κ1) is 23.6. The van der Waals surface area contributed by atoms with E-state index in [2.05, 4.69) is 5.32 Å². The van der Waals surface area contributed by atoms with E-state index in [0.717, 1.165) is 0 Å². The van der Waals surface area contributed by atoms with Crippen LogP contribution in [0.5, 0.6) is 0 Å². The number of alkyl halides is 2. The minimum absolute atomic E-state index is 0.0537. The smallest absolute Gasteiger partial charge is 0.407 e. The van der Waals surface area contributed by atoms with Crippen molar-refractivity contribution in [1.82, 2.24) is 10.2 Å². The van der Waals surface area contributed by atoms with Crippen LogP contribution < -0.4 is 5.32 Å². The van der Waals surface area contributed by atoms with Crippen LogP contribution in [-0.4, -0.2) is 42.7 Å². The summed E-state index contributed by atoms with van der Waals surface area (Å²) in [6.45, 7) is 8.48. The molecular formula is C19H28ClF3N2O2. The Morgan fingerprint density at radius 3 is 2.44 bits per heavy atom. The Bertz CT molecular complexity index is 621. The lowest BCUT2D eigenvalue weighted by Gasteiger charge is -2.35. The molecule has 0 saturated heterocycles. The number of ether oxygens (including phenoxy) is 1. The lowest BCUT2D eigenvalue weighted by Crippen LogP contribution is -2.42. The fourth-order valence-electron chi connectivity index (χ4n) is 2.86. The van der Waals surface area contributed by atoms with Gasteiger partial charge in [-0.2, -0.15) is 0 Å². The average molecular weight is 409 g/mol. The van der Waals surface area contributed by atoms with Crippen LogP contribution in [0.4, 0.5) is 18.0 Å². The molecule has 1 unspecified atom stereocenters. The van der Waals surface area contributed by atoms with Crippen LogP contribution in [0.15, 0.2) is 18.2 Å². The van der Waals surface area contributed by atoms with Crippen molar-refractivity contribution in [2.45, 2.75) is 52.7 Å². The molecule has 154 valence electrons. The van der Waals surface area contributed by atoms with E-state index < -0.39 is 36.5 Å². The van der Waals surface area contributed by atoms with E-state index in [1.165, 1.54) is 11.0 Å². The normalized spacial score (nSPS) is 13.3. The van der Waals surface area contributed by atoms with Crippen molar-refractivity contribution in [1.29, 1.82) is 0 Å².